The van der Waals surface area contributed by atoms with Gasteiger partial charge in [-0.2, -0.15) is 0 Å². The first-order chi connectivity index (χ1) is 9.90. The molecule has 0 spiro atoms. The molecular formula is C16H15ClFNOS. The highest BCUT2D eigenvalue weighted by Crippen LogP contribution is 2.23. The van der Waals surface area contributed by atoms with Crippen LogP contribution in [-0.4, -0.2) is 17.9 Å². The van der Waals surface area contributed by atoms with Crippen LogP contribution in [0.15, 0.2) is 47.4 Å². The van der Waals surface area contributed by atoms with Gasteiger partial charge < -0.3 is 4.90 Å². The van der Waals surface area contributed by atoms with E-state index >= 15 is 0 Å². The van der Waals surface area contributed by atoms with Gasteiger partial charge in [0.15, 0.2) is 0 Å². The Balaban J connectivity index is 2.21. The number of carbonyl (C=O) groups excluding carboxylic acids is 1. The van der Waals surface area contributed by atoms with Crippen molar-refractivity contribution in [1.29, 1.82) is 0 Å². The van der Waals surface area contributed by atoms with Crippen molar-refractivity contribution >= 4 is 30.1 Å². The number of carbonyl (C=O) groups is 1. The van der Waals surface area contributed by atoms with Crippen molar-refractivity contribution in [2.24, 2.45) is 0 Å². The predicted molar refractivity (Wildman–Crippen MR) is 85.6 cm³/mol. The maximum atomic E-state index is 13.2. The van der Waals surface area contributed by atoms with Crippen molar-refractivity contribution in [2.45, 2.75) is 17.9 Å². The standard InChI is InChI=1S/C16H15ClFNOS/c1-10(11-3-6-13(17)7-4-11)19(2)16(20)12-5-8-14(18)15(21)9-12/h3-10,21H,1-2H3. The summed E-state index contributed by atoms with van der Waals surface area (Å²) in [6.45, 7) is 1.92. The average molecular weight is 324 g/mol. The van der Waals surface area contributed by atoms with E-state index in [4.69, 9.17) is 11.6 Å². The monoisotopic (exact) mass is 323 g/mol. The summed E-state index contributed by atoms with van der Waals surface area (Å²) in [5, 5.41) is 0.651. The highest BCUT2D eigenvalue weighted by Gasteiger charge is 2.19. The fourth-order valence-corrected chi connectivity index (χ4v) is 2.33. The Kier molecular flexibility index (Phi) is 4.91. The summed E-state index contributed by atoms with van der Waals surface area (Å²) in [4.78, 5) is 14.2. The molecule has 0 saturated carbocycles. The summed E-state index contributed by atoms with van der Waals surface area (Å²) in [7, 11) is 1.71. The van der Waals surface area contributed by atoms with E-state index in [9.17, 15) is 9.18 Å². The van der Waals surface area contributed by atoms with Crippen LogP contribution in [0, 0.1) is 5.82 Å². The Bertz CT molecular complexity index is 660. The van der Waals surface area contributed by atoms with Gasteiger partial charge in [0.05, 0.1) is 6.04 Å². The second-order valence-corrected chi connectivity index (χ2v) is 5.73. The second kappa shape index (κ2) is 6.50. The van der Waals surface area contributed by atoms with Crippen LogP contribution in [0.1, 0.15) is 28.9 Å². The molecule has 2 aromatic carbocycles. The van der Waals surface area contributed by atoms with Crippen molar-refractivity contribution in [3.8, 4) is 0 Å². The number of benzene rings is 2. The molecule has 0 N–H and O–H groups in total. The third-order valence-electron chi connectivity index (χ3n) is 3.45. The highest BCUT2D eigenvalue weighted by molar-refractivity contribution is 7.80. The maximum Gasteiger partial charge on any atom is 0.254 e. The number of nitrogens with zero attached hydrogens (tertiary/aromatic N) is 1. The smallest absolute Gasteiger partial charge is 0.254 e. The van der Waals surface area contributed by atoms with E-state index < -0.39 is 5.82 Å². The zero-order valence-electron chi connectivity index (χ0n) is 11.7. The van der Waals surface area contributed by atoms with Gasteiger partial charge in [-0.3, -0.25) is 4.79 Å². The number of halogens is 2. The maximum absolute atomic E-state index is 13.2. The third kappa shape index (κ3) is 3.57. The van der Waals surface area contributed by atoms with Crippen LogP contribution in [0.25, 0.3) is 0 Å². The van der Waals surface area contributed by atoms with Gasteiger partial charge in [0.1, 0.15) is 5.82 Å². The van der Waals surface area contributed by atoms with Gasteiger partial charge in [0.2, 0.25) is 0 Å². The van der Waals surface area contributed by atoms with E-state index in [1.807, 2.05) is 19.1 Å². The minimum atomic E-state index is -0.441. The Morgan fingerprint density at radius 3 is 2.43 bits per heavy atom. The van der Waals surface area contributed by atoms with Gasteiger partial charge in [-0.05, 0) is 42.8 Å². The van der Waals surface area contributed by atoms with Gasteiger partial charge in [-0.15, -0.1) is 12.6 Å². The van der Waals surface area contributed by atoms with E-state index in [0.717, 1.165) is 5.56 Å². The molecule has 0 heterocycles. The summed E-state index contributed by atoms with van der Waals surface area (Å²) < 4.78 is 13.2. The minimum absolute atomic E-state index is 0.122. The number of hydrogen-bond acceptors (Lipinski definition) is 2. The molecule has 0 fully saturated rings. The molecule has 1 amide bonds. The zero-order chi connectivity index (χ0) is 15.6. The van der Waals surface area contributed by atoms with Crippen LogP contribution < -0.4 is 0 Å². The molecule has 21 heavy (non-hydrogen) atoms. The zero-order valence-corrected chi connectivity index (χ0v) is 13.3. The normalized spacial score (nSPS) is 12.0. The second-order valence-electron chi connectivity index (χ2n) is 4.81. The number of rotatable bonds is 3. The molecule has 0 aromatic heterocycles. The van der Waals surface area contributed by atoms with E-state index in [-0.39, 0.29) is 16.8 Å². The van der Waals surface area contributed by atoms with Crippen molar-refractivity contribution < 1.29 is 9.18 Å². The Morgan fingerprint density at radius 1 is 1.24 bits per heavy atom. The Hall–Kier alpha value is -1.52. The van der Waals surface area contributed by atoms with E-state index in [1.165, 1.54) is 18.2 Å². The molecule has 2 aromatic rings. The van der Waals surface area contributed by atoms with Crippen LogP contribution in [0.3, 0.4) is 0 Å². The van der Waals surface area contributed by atoms with E-state index in [2.05, 4.69) is 12.6 Å². The SMILES string of the molecule is CC(c1ccc(Cl)cc1)N(C)C(=O)c1ccc(F)c(S)c1. The van der Waals surface area contributed by atoms with Crippen molar-refractivity contribution in [3.63, 3.8) is 0 Å². The van der Waals surface area contributed by atoms with Crippen molar-refractivity contribution in [2.75, 3.05) is 7.05 Å². The quantitative estimate of drug-likeness (QED) is 0.818. The molecule has 1 unspecified atom stereocenters. The average Bonchev–Trinajstić information content (AvgIpc) is 2.48. The van der Waals surface area contributed by atoms with Gasteiger partial charge in [0.25, 0.3) is 5.91 Å². The first-order valence-electron chi connectivity index (χ1n) is 6.41. The van der Waals surface area contributed by atoms with Crippen LogP contribution in [0.5, 0.6) is 0 Å². The third-order valence-corrected chi connectivity index (χ3v) is 4.04. The predicted octanol–water partition coefficient (Wildman–Crippen LogP) is 4.60. The molecule has 0 radical (unpaired) electrons. The van der Waals surface area contributed by atoms with Crippen molar-refractivity contribution in [1.82, 2.24) is 4.90 Å². The van der Waals surface area contributed by atoms with Crippen molar-refractivity contribution in [3.05, 3.63) is 64.4 Å². The molecule has 5 heteroatoms. The summed E-state index contributed by atoms with van der Waals surface area (Å²) in [6, 6.07) is 11.4. The molecule has 0 aliphatic carbocycles. The Morgan fingerprint density at radius 2 is 1.86 bits per heavy atom. The lowest BCUT2D eigenvalue weighted by Gasteiger charge is -2.25. The van der Waals surface area contributed by atoms with E-state index in [0.29, 0.717) is 10.6 Å². The van der Waals surface area contributed by atoms with Crippen LogP contribution in [0.2, 0.25) is 5.02 Å². The van der Waals surface area contributed by atoms with Crippen LogP contribution in [0.4, 0.5) is 4.39 Å². The number of hydrogen-bond donors (Lipinski definition) is 1. The molecule has 2 rings (SSSR count). The highest BCUT2D eigenvalue weighted by atomic mass is 35.5. The fourth-order valence-electron chi connectivity index (χ4n) is 1.99. The first-order valence-corrected chi connectivity index (χ1v) is 7.24. The molecule has 0 saturated heterocycles. The molecule has 0 bridgehead atoms. The first kappa shape index (κ1) is 15.9. The largest absolute Gasteiger partial charge is 0.335 e. The van der Waals surface area contributed by atoms with Gasteiger partial charge in [-0.1, -0.05) is 23.7 Å². The molecule has 0 aliphatic rings. The Labute approximate surface area is 133 Å². The fraction of sp³-hybridized carbons (Fsp3) is 0.188. The summed E-state index contributed by atoms with van der Waals surface area (Å²) in [5.41, 5.74) is 1.38. The van der Waals surface area contributed by atoms with Gasteiger partial charge >= 0.3 is 0 Å². The summed E-state index contributed by atoms with van der Waals surface area (Å²) in [6.07, 6.45) is 0. The molecular weight excluding hydrogens is 309 g/mol. The number of amides is 1. The summed E-state index contributed by atoms with van der Waals surface area (Å²) >= 11 is 9.87. The molecule has 110 valence electrons. The topological polar surface area (TPSA) is 20.3 Å². The molecule has 1 atom stereocenters. The number of thiol groups is 1. The van der Waals surface area contributed by atoms with Crippen LogP contribution in [-0.2, 0) is 0 Å². The molecule has 0 aliphatic heterocycles. The van der Waals surface area contributed by atoms with Gasteiger partial charge in [-0.25, -0.2) is 4.39 Å². The van der Waals surface area contributed by atoms with Crippen LogP contribution >= 0.6 is 24.2 Å². The van der Waals surface area contributed by atoms with E-state index in [1.54, 1.807) is 24.1 Å². The lowest BCUT2D eigenvalue weighted by Crippen LogP contribution is -2.29. The summed E-state index contributed by atoms with van der Waals surface area (Å²) in [5.74, 6) is -0.629. The molecule has 2 nitrogen and oxygen atoms in total. The van der Waals surface area contributed by atoms with Gasteiger partial charge in [0, 0.05) is 22.5 Å². The minimum Gasteiger partial charge on any atom is -0.335 e. The lowest BCUT2D eigenvalue weighted by atomic mass is 10.1. The lowest BCUT2D eigenvalue weighted by molar-refractivity contribution is 0.0742.